The van der Waals surface area contributed by atoms with Crippen molar-refractivity contribution in [1.82, 2.24) is 19.2 Å². The van der Waals surface area contributed by atoms with Crippen LogP contribution in [0.15, 0.2) is 53.4 Å². The van der Waals surface area contributed by atoms with E-state index in [1.165, 1.54) is 28.6 Å². The number of hydrogen-bond acceptors (Lipinski definition) is 6. The van der Waals surface area contributed by atoms with Gasteiger partial charge in [-0.2, -0.15) is 4.31 Å². The fourth-order valence-electron chi connectivity index (χ4n) is 3.39. The first-order valence-corrected chi connectivity index (χ1v) is 10.3. The standard InChI is InChI=1S/C18H19N5O4S/c24-23(25)16-7-3-4-8-17(16)28(26,27)22-11-9-21(10-12-22)13-18-19-14-5-1-2-6-15(14)20-18/h1-8H,9-13H2,(H,19,20). The van der Waals surface area contributed by atoms with Crippen LogP contribution in [-0.4, -0.2) is 58.7 Å². The van der Waals surface area contributed by atoms with E-state index in [1.807, 2.05) is 24.3 Å². The maximum Gasteiger partial charge on any atom is 0.289 e. The summed E-state index contributed by atoms with van der Waals surface area (Å²) in [5.74, 6) is 0.830. The van der Waals surface area contributed by atoms with Gasteiger partial charge in [-0.3, -0.25) is 15.0 Å². The topological polar surface area (TPSA) is 112 Å². The van der Waals surface area contributed by atoms with Gasteiger partial charge in [0.25, 0.3) is 5.69 Å². The molecule has 2 aromatic carbocycles. The fraction of sp³-hybridized carbons (Fsp3) is 0.278. The quantitative estimate of drug-likeness (QED) is 0.517. The molecule has 10 heteroatoms. The number of sulfonamides is 1. The summed E-state index contributed by atoms with van der Waals surface area (Å²) >= 11 is 0. The number of rotatable bonds is 5. The molecule has 0 bridgehead atoms. The smallest absolute Gasteiger partial charge is 0.289 e. The number of para-hydroxylation sites is 3. The molecule has 0 saturated carbocycles. The molecular formula is C18H19N5O4S. The monoisotopic (exact) mass is 401 g/mol. The van der Waals surface area contributed by atoms with Crippen molar-refractivity contribution in [2.75, 3.05) is 26.2 Å². The predicted octanol–water partition coefficient (Wildman–Crippen LogP) is 1.98. The second kappa shape index (κ2) is 7.30. The summed E-state index contributed by atoms with van der Waals surface area (Å²) < 4.78 is 27.1. The third-order valence-electron chi connectivity index (χ3n) is 4.82. The van der Waals surface area contributed by atoms with Crippen LogP contribution in [0.25, 0.3) is 11.0 Å². The Hall–Kier alpha value is -2.82. The highest BCUT2D eigenvalue weighted by atomic mass is 32.2. The first-order chi connectivity index (χ1) is 13.4. The first kappa shape index (κ1) is 18.5. The Kier molecular flexibility index (Phi) is 4.84. The lowest BCUT2D eigenvalue weighted by molar-refractivity contribution is -0.387. The number of hydrogen-bond donors (Lipinski definition) is 1. The highest BCUT2D eigenvalue weighted by Crippen LogP contribution is 2.27. The van der Waals surface area contributed by atoms with Crippen LogP contribution >= 0.6 is 0 Å². The minimum Gasteiger partial charge on any atom is -0.341 e. The molecule has 0 aliphatic carbocycles. The van der Waals surface area contributed by atoms with Crippen molar-refractivity contribution in [2.24, 2.45) is 0 Å². The molecule has 0 unspecified atom stereocenters. The van der Waals surface area contributed by atoms with Crippen LogP contribution in [0.1, 0.15) is 5.82 Å². The third-order valence-corrected chi connectivity index (χ3v) is 6.77. The number of benzene rings is 2. The van der Waals surface area contributed by atoms with E-state index in [9.17, 15) is 18.5 Å². The van der Waals surface area contributed by atoms with E-state index < -0.39 is 20.6 Å². The van der Waals surface area contributed by atoms with Crippen molar-refractivity contribution in [3.05, 3.63) is 64.5 Å². The van der Waals surface area contributed by atoms with E-state index in [0.717, 1.165) is 16.9 Å². The molecule has 1 fully saturated rings. The summed E-state index contributed by atoms with van der Waals surface area (Å²) in [5.41, 5.74) is 1.47. The van der Waals surface area contributed by atoms with Gasteiger partial charge in [0.05, 0.1) is 22.5 Å². The van der Waals surface area contributed by atoms with Crippen LogP contribution in [0.5, 0.6) is 0 Å². The van der Waals surface area contributed by atoms with E-state index in [2.05, 4.69) is 14.9 Å². The third kappa shape index (κ3) is 3.49. The van der Waals surface area contributed by atoms with Crippen molar-refractivity contribution < 1.29 is 13.3 Å². The fourth-order valence-corrected chi connectivity index (χ4v) is 4.97. The molecule has 0 amide bonds. The summed E-state index contributed by atoms with van der Waals surface area (Å²) in [6.07, 6.45) is 0. The Bertz CT molecular complexity index is 1090. The highest BCUT2D eigenvalue weighted by molar-refractivity contribution is 7.89. The van der Waals surface area contributed by atoms with Crippen LogP contribution < -0.4 is 0 Å². The Morgan fingerprint density at radius 2 is 1.71 bits per heavy atom. The molecule has 0 atom stereocenters. The number of nitrogens with zero attached hydrogens (tertiary/aromatic N) is 4. The lowest BCUT2D eigenvalue weighted by Crippen LogP contribution is -2.48. The Morgan fingerprint density at radius 3 is 2.43 bits per heavy atom. The normalized spacial score (nSPS) is 16.4. The average molecular weight is 401 g/mol. The van der Waals surface area contributed by atoms with E-state index >= 15 is 0 Å². The molecule has 28 heavy (non-hydrogen) atoms. The number of nitro groups is 1. The van der Waals surface area contributed by atoms with Gasteiger partial charge >= 0.3 is 0 Å². The number of nitro benzene ring substituents is 1. The summed E-state index contributed by atoms with van der Waals surface area (Å²) in [4.78, 5) is 20.2. The van der Waals surface area contributed by atoms with Crippen molar-refractivity contribution in [1.29, 1.82) is 0 Å². The van der Waals surface area contributed by atoms with Gasteiger partial charge in [0, 0.05) is 32.2 Å². The van der Waals surface area contributed by atoms with E-state index in [1.54, 1.807) is 0 Å². The second-order valence-electron chi connectivity index (χ2n) is 6.61. The van der Waals surface area contributed by atoms with Crippen LogP contribution in [0, 0.1) is 10.1 Å². The maximum atomic E-state index is 12.9. The lowest BCUT2D eigenvalue weighted by Gasteiger charge is -2.33. The summed E-state index contributed by atoms with van der Waals surface area (Å²) in [5, 5.41) is 11.2. The van der Waals surface area contributed by atoms with Gasteiger partial charge in [0.2, 0.25) is 10.0 Å². The number of aromatic amines is 1. The molecule has 1 N–H and O–H groups in total. The molecule has 146 valence electrons. The molecule has 3 aromatic rings. The SMILES string of the molecule is O=[N+]([O-])c1ccccc1S(=O)(=O)N1CCN(Cc2nc3ccccc3[nH]2)CC1. The molecule has 1 saturated heterocycles. The molecule has 0 radical (unpaired) electrons. The van der Waals surface area contributed by atoms with E-state index in [0.29, 0.717) is 19.6 Å². The van der Waals surface area contributed by atoms with Crippen LogP contribution in [0.3, 0.4) is 0 Å². The molecule has 4 rings (SSSR count). The number of nitrogens with one attached hydrogen (secondary N) is 1. The zero-order valence-corrected chi connectivity index (χ0v) is 15.8. The minimum absolute atomic E-state index is 0.259. The summed E-state index contributed by atoms with van der Waals surface area (Å²) in [6.45, 7) is 2.19. The zero-order valence-electron chi connectivity index (χ0n) is 15.0. The lowest BCUT2D eigenvalue weighted by atomic mass is 10.3. The number of piperazine rings is 1. The van der Waals surface area contributed by atoms with Crippen molar-refractivity contribution in [2.45, 2.75) is 11.4 Å². The van der Waals surface area contributed by atoms with Gasteiger partial charge in [-0.1, -0.05) is 24.3 Å². The summed E-state index contributed by atoms with van der Waals surface area (Å²) in [7, 11) is -3.91. The number of aromatic nitrogens is 2. The molecule has 0 spiro atoms. The number of imidazole rings is 1. The first-order valence-electron chi connectivity index (χ1n) is 8.85. The van der Waals surface area contributed by atoms with E-state index in [4.69, 9.17) is 0 Å². The van der Waals surface area contributed by atoms with Gasteiger partial charge in [-0.25, -0.2) is 13.4 Å². The highest BCUT2D eigenvalue weighted by Gasteiger charge is 2.33. The molecule has 1 aliphatic rings. The van der Waals surface area contributed by atoms with Crippen molar-refractivity contribution in [3.63, 3.8) is 0 Å². The Balaban J connectivity index is 1.45. The van der Waals surface area contributed by atoms with Crippen molar-refractivity contribution >= 4 is 26.7 Å². The van der Waals surface area contributed by atoms with Gasteiger partial charge in [0.15, 0.2) is 4.90 Å². The molecule has 1 aliphatic heterocycles. The van der Waals surface area contributed by atoms with Crippen LogP contribution in [0.4, 0.5) is 5.69 Å². The van der Waals surface area contributed by atoms with Gasteiger partial charge in [-0.05, 0) is 18.2 Å². The Morgan fingerprint density at radius 1 is 1.04 bits per heavy atom. The maximum absolute atomic E-state index is 12.9. The van der Waals surface area contributed by atoms with Gasteiger partial charge in [0.1, 0.15) is 5.82 Å². The molecular weight excluding hydrogens is 382 g/mol. The minimum atomic E-state index is -3.91. The van der Waals surface area contributed by atoms with Crippen LogP contribution in [-0.2, 0) is 16.6 Å². The van der Waals surface area contributed by atoms with Crippen molar-refractivity contribution in [3.8, 4) is 0 Å². The molecule has 9 nitrogen and oxygen atoms in total. The summed E-state index contributed by atoms with van der Waals surface area (Å²) in [6, 6.07) is 13.2. The second-order valence-corrected chi connectivity index (χ2v) is 8.51. The number of H-pyrrole nitrogens is 1. The van der Waals surface area contributed by atoms with Crippen LogP contribution in [0.2, 0.25) is 0 Å². The molecule has 2 heterocycles. The van der Waals surface area contributed by atoms with E-state index in [-0.39, 0.29) is 18.0 Å². The van der Waals surface area contributed by atoms with Gasteiger partial charge in [-0.15, -0.1) is 0 Å². The van der Waals surface area contributed by atoms with Gasteiger partial charge < -0.3 is 4.98 Å². The zero-order chi connectivity index (χ0) is 19.7. The molecule has 1 aromatic heterocycles. The number of fused-ring (bicyclic) bond motifs is 1. The Labute approximate surface area is 161 Å². The predicted molar refractivity (Wildman–Crippen MR) is 103 cm³/mol. The average Bonchev–Trinajstić information content (AvgIpc) is 3.10. The largest absolute Gasteiger partial charge is 0.341 e.